The van der Waals surface area contributed by atoms with Crippen LogP contribution >= 0.6 is 0 Å². The lowest BCUT2D eigenvalue weighted by molar-refractivity contribution is -0.0686. The first-order chi connectivity index (χ1) is 9.98. The molecule has 0 radical (unpaired) electrons. The molecule has 1 aliphatic heterocycles. The highest BCUT2D eigenvalue weighted by atomic mass is 16.5. The molecule has 0 amide bonds. The number of benzene rings is 1. The van der Waals surface area contributed by atoms with Gasteiger partial charge in [0.2, 0.25) is 0 Å². The third-order valence-electron chi connectivity index (χ3n) is 4.46. The first kappa shape index (κ1) is 14.6. The van der Waals surface area contributed by atoms with Gasteiger partial charge < -0.3 is 14.3 Å². The molecule has 1 fully saturated rings. The van der Waals surface area contributed by atoms with Crippen molar-refractivity contribution in [3.63, 3.8) is 0 Å². The number of hydrogen-bond acceptors (Lipinski definition) is 4. The summed E-state index contributed by atoms with van der Waals surface area (Å²) in [6.07, 6.45) is -0.664. The lowest BCUT2D eigenvalue weighted by Crippen LogP contribution is -2.53. The van der Waals surface area contributed by atoms with E-state index in [2.05, 4.69) is 31.7 Å². The fourth-order valence-electron chi connectivity index (χ4n) is 2.98. The molecular formula is C17H23NO3. The number of hydrogen-bond donors (Lipinski definition) is 1. The van der Waals surface area contributed by atoms with Crippen molar-refractivity contribution in [3.8, 4) is 0 Å². The van der Waals surface area contributed by atoms with E-state index in [9.17, 15) is 5.11 Å². The first-order valence-corrected chi connectivity index (χ1v) is 7.49. The molecule has 0 spiro atoms. The Kier molecular flexibility index (Phi) is 3.78. The van der Waals surface area contributed by atoms with Crippen LogP contribution in [0, 0.1) is 6.92 Å². The molecule has 3 rings (SSSR count). The van der Waals surface area contributed by atoms with Gasteiger partial charge in [-0.05, 0) is 39.0 Å². The average Bonchev–Trinajstić information content (AvgIpc) is 2.90. The third kappa shape index (κ3) is 2.71. The maximum Gasteiger partial charge on any atom is 0.135 e. The van der Waals surface area contributed by atoms with Crippen LogP contribution in [-0.4, -0.2) is 41.8 Å². The third-order valence-corrected chi connectivity index (χ3v) is 4.46. The molecule has 114 valence electrons. The topological polar surface area (TPSA) is 45.8 Å². The van der Waals surface area contributed by atoms with Crippen molar-refractivity contribution in [2.24, 2.45) is 0 Å². The van der Waals surface area contributed by atoms with Crippen LogP contribution < -0.4 is 0 Å². The summed E-state index contributed by atoms with van der Waals surface area (Å²) in [5, 5.41) is 11.8. The number of fused-ring (bicyclic) bond motifs is 1. The number of aliphatic hydroxyl groups excluding tert-OH is 1. The van der Waals surface area contributed by atoms with E-state index in [1.165, 1.54) is 5.56 Å². The summed E-state index contributed by atoms with van der Waals surface area (Å²) in [4.78, 5) is 2.26. The number of nitrogens with zero attached hydrogens (tertiary/aromatic N) is 1. The zero-order valence-corrected chi connectivity index (χ0v) is 12.9. The van der Waals surface area contributed by atoms with Crippen molar-refractivity contribution < 1.29 is 14.3 Å². The lowest BCUT2D eigenvalue weighted by atomic mass is 9.92. The van der Waals surface area contributed by atoms with Gasteiger partial charge in [0, 0.05) is 24.0 Å². The minimum Gasteiger partial charge on any atom is -0.458 e. The van der Waals surface area contributed by atoms with Crippen molar-refractivity contribution in [1.82, 2.24) is 4.90 Å². The van der Waals surface area contributed by atoms with Gasteiger partial charge in [0.1, 0.15) is 17.4 Å². The molecule has 4 heteroatoms. The molecule has 4 nitrogen and oxygen atoms in total. The van der Waals surface area contributed by atoms with E-state index >= 15 is 0 Å². The van der Waals surface area contributed by atoms with Gasteiger partial charge in [0.05, 0.1) is 13.2 Å². The molecule has 0 bridgehead atoms. The summed E-state index contributed by atoms with van der Waals surface area (Å²) in [6, 6.07) is 8.02. The molecule has 0 saturated carbocycles. The number of ether oxygens (including phenoxy) is 1. The van der Waals surface area contributed by atoms with Gasteiger partial charge in [-0.15, -0.1) is 0 Å². The number of aryl methyl sites for hydroxylation is 1. The molecule has 1 saturated heterocycles. The summed E-state index contributed by atoms with van der Waals surface area (Å²) in [5.41, 5.74) is 1.64. The zero-order chi connectivity index (χ0) is 15.0. The number of morpholine rings is 1. The predicted molar refractivity (Wildman–Crippen MR) is 82.4 cm³/mol. The summed E-state index contributed by atoms with van der Waals surface area (Å²) in [5.74, 6) is 0.632. The molecule has 1 unspecified atom stereocenters. The molecule has 1 N–H and O–H groups in total. The number of aliphatic hydroxyl groups is 1. The van der Waals surface area contributed by atoms with Gasteiger partial charge >= 0.3 is 0 Å². The van der Waals surface area contributed by atoms with Crippen molar-refractivity contribution in [1.29, 1.82) is 0 Å². The Morgan fingerprint density at radius 1 is 1.19 bits per heavy atom. The van der Waals surface area contributed by atoms with Crippen molar-refractivity contribution in [2.45, 2.75) is 32.4 Å². The van der Waals surface area contributed by atoms with Gasteiger partial charge in [-0.3, -0.25) is 4.90 Å². The highest BCUT2D eigenvalue weighted by molar-refractivity contribution is 5.78. The molecule has 2 aromatic rings. The van der Waals surface area contributed by atoms with Crippen molar-refractivity contribution in [3.05, 3.63) is 35.6 Å². The number of furan rings is 1. The zero-order valence-electron chi connectivity index (χ0n) is 12.9. The van der Waals surface area contributed by atoms with Crippen LogP contribution in [0.15, 0.2) is 28.7 Å². The van der Waals surface area contributed by atoms with Gasteiger partial charge in [-0.2, -0.15) is 0 Å². The minimum absolute atomic E-state index is 0.382. The molecule has 1 atom stereocenters. The van der Waals surface area contributed by atoms with E-state index in [0.717, 1.165) is 37.3 Å². The fraction of sp³-hybridized carbons (Fsp3) is 0.529. The number of rotatable bonds is 3. The molecular weight excluding hydrogens is 266 g/mol. The fourth-order valence-corrected chi connectivity index (χ4v) is 2.98. The second-order valence-electron chi connectivity index (χ2n) is 6.35. The normalized spacial score (nSPS) is 19.0. The van der Waals surface area contributed by atoms with Crippen LogP contribution in [0.1, 0.15) is 31.3 Å². The van der Waals surface area contributed by atoms with E-state index in [-0.39, 0.29) is 5.54 Å². The molecule has 1 aromatic carbocycles. The smallest absolute Gasteiger partial charge is 0.135 e. The standard InChI is InChI=1S/C17H23NO3/c1-12-4-5-14-13(10-12)11-15(21-14)16(19)17(2,3)18-6-8-20-9-7-18/h4-5,10-11,16,19H,6-9H2,1-3H3. The Hall–Kier alpha value is -1.36. The van der Waals surface area contributed by atoms with Crippen LogP contribution in [0.5, 0.6) is 0 Å². The van der Waals surface area contributed by atoms with E-state index in [0.29, 0.717) is 5.76 Å². The summed E-state index contributed by atoms with van der Waals surface area (Å²) >= 11 is 0. The Balaban J connectivity index is 1.89. The summed E-state index contributed by atoms with van der Waals surface area (Å²) in [7, 11) is 0. The molecule has 1 aliphatic rings. The second-order valence-corrected chi connectivity index (χ2v) is 6.35. The molecule has 1 aromatic heterocycles. The van der Waals surface area contributed by atoms with Crippen LogP contribution in [0.4, 0.5) is 0 Å². The van der Waals surface area contributed by atoms with Crippen LogP contribution in [0.3, 0.4) is 0 Å². The van der Waals surface area contributed by atoms with Crippen LogP contribution in [-0.2, 0) is 4.74 Å². The Morgan fingerprint density at radius 2 is 1.90 bits per heavy atom. The maximum absolute atomic E-state index is 10.8. The van der Waals surface area contributed by atoms with Crippen molar-refractivity contribution >= 4 is 11.0 Å². The predicted octanol–water partition coefficient (Wildman–Crippen LogP) is 2.89. The van der Waals surface area contributed by atoms with Crippen LogP contribution in [0.25, 0.3) is 11.0 Å². The van der Waals surface area contributed by atoms with Gasteiger partial charge in [0.15, 0.2) is 0 Å². The lowest BCUT2D eigenvalue weighted by Gasteiger charge is -2.43. The second kappa shape index (κ2) is 5.44. The summed E-state index contributed by atoms with van der Waals surface area (Å²) < 4.78 is 11.2. The molecule has 2 heterocycles. The monoisotopic (exact) mass is 289 g/mol. The largest absolute Gasteiger partial charge is 0.458 e. The molecule has 0 aliphatic carbocycles. The minimum atomic E-state index is -0.664. The van der Waals surface area contributed by atoms with E-state index in [4.69, 9.17) is 9.15 Å². The highest BCUT2D eigenvalue weighted by Crippen LogP contribution is 2.34. The first-order valence-electron chi connectivity index (χ1n) is 7.49. The van der Waals surface area contributed by atoms with Crippen molar-refractivity contribution in [2.75, 3.05) is 26.3 Å². The van der Waals surface area contributed by atoms with E-state index in [1.54, 1.807) is 0 Å². The quantitative estimate of drug-likeness (QED) is 0.943. The Morgan fingerprint density at radius 3 is 2.62 bits per heavy atom. The average molecular weight is 289 g/mol. The van der Waals surface area contributed by atoms with Gasteiger partial charge in [-0.25, -0.2) is 0 Å². The Labute approximate surface area is 125 Å². The van der Waals surface area contributed by atoms with E-state index < -0.39 is 6.10 Å². The maximum atomic E-state index is 10.8. The molecule has 21 heavy (non-hydrogen) atoms. The summed E-state index contributed by atoms with van der Waals surface area (Å²) in [6.45, 7) is 9.28. The van der Waals surface area contributed by atoms with E-state index in [1.807, 2.05) is 18.2 Å². The highest BCUT2D eigenvalue weighted by Gasteiger charge is 2.37. The SMILES string of the molecule is Cc1ccc2oc(C(O)C(C)(C)N3CCOCC3)cc2c1. The van der Waals surface area contributed by atoms with Gasteiger partial charge in [0.25, 0.3) is 0 Å². The van der Waals surface area contributed by atoms with Crippen LogP contribution in [0.2, 0.25) is 0 Å². The Bertz CT molecular complexity index is 626. The van der Waals surface area contributed by atoms with Gasteiger partial charge in [-0.1, -0.05) is 11.6 Å².